The number of hydrogen-bond acceptors (Lipinski definition) is 6. The monoisotopic (exact) mass is 276 g/mol. The summed E-state index contributed by atoms with van der Waals surface area (Å²) in [5.74, 6) is -0.322. The molecule has 1 atom stereocenters. The zero-order chi connectivity index (χ0) is 12.3. The van der Waals surface area contributed by atoms with Crippen molar-refractivity contribution in [3.8, 4) is 0 Å². The van der Waals surface area contributed by atoms with E-state index < -0.39 is 6.10 Å². The molecule has 0 amide bonds. The highest BCUT2D eigenvalue weighted by Crippen LogP contribution is 2.20. The highest BCUT2D eigenvalue weighted by molar-refractivity contribution is 7.15. The van der Waals surface area contributed by atoms with E-state index in [2.05, 4.69) is 14.6 Å². The van der Waals surface area contributed by atoms with Gasteiger partial charge in [-0.3, -0.25) is 4.90 Å². The summed E-state index contributed by atoms with van der Waals surface area (Å²) in [6.07, 6.45) is 1.27. The molecule has 1 unspecified atom stereocenters. The van der Waals surface area contributed by atoms with Gasteiger partial charge in [0.1, 0.15) is 0 Å². The highest BCUT2D eigenvalue weighted by Gasteiger charge is 2.27. The maximum Gasteiger partial charge on any atom is 0.336 e. The number of nitrogens with zero attached hydrogens (tertiary/aromatic N) is 2. The summed E-state index contributed by atoms with van der Waals surface area (Å²) in [4.78, 5) is 18.6. The molecular formula is C10H13ClN2O3S. The van der Waals surface area contributed by atoms with Crippen molar-refractivity contribution in [2.45, 2.75) is 12.6 Å². The molecule has 2 heterocycles. The maximum atomic E-state index is 11.4. The maximum absolute atomic E-state index is 11.4. The lowest BCUT2D eigenvalue weighted by atomic mass is 10.2. The number of carbonyl (C=O) groups excluding carboxylic acids is 1. The number of morpholine rings is 1. The summed E-state index contributed by atoms with van der Waals surface area (Å²) >= 11 is 7.22. The Hall–Kier alpha value is -0.690. The van der Waals surface area contributed by atoms with Gasteiger partial charge in [0.25, 0.3) is 0 Å². The van der Waals surface area contributed by atoms with Crippen LogP contribution < -0.4 is 0 Å². The van der Waals surface area contributed by atoms with E-state index in [1.54, 1.807) is 6.20 Å². The Morgan fingerprint density at radius 2 is 2.65 bits per heavy atom. The fraction of sp³-hybridized carbons (Fsp3) is 0.600. The van der Waals surface area contributed by atoms with Gasteiger partial charge in [-0.2, -0.15) is 0 Å². The zero-order valence-corrected chi connectivity index (χ0v) is 11.0. The van der Waals surface area contributed by atoms with Gasteiger partial charge in [-0.05, 0) is 0 Å². The van der Waals surface area contributed by atoms with E-state index in [9.17, 15) is 4.79 Å². The first-order valence-corrected chi connectivity index (χ1v) is 6.40. The number of thiazole rings is 1. The molecule has 17 heavy (non-hydrogen) atoms. The third-order valence-electron chi connectivity index (χ3n) is 2.52. The van der Waals surface area contributed by atoms with Crippen molar-refractivity contribution < 1.29 is 14.3 Å². The number of aromatic nitrogens is 1. The molecule has 1 aliphatic rings. The molecule has 7 heteroatoms. The molecule has 5 nitrogen and oxygen atoms in total. The van der Waals surface area contributed by atoms with Crippen LogP contribution in [0.4, 0.5) is 0 Å². The lowest BCUT2D eigenvalue weighted by Crippen LogP contribution is -2.45. The Kier molecular flexibility index (Phi) is 4.33. The summed E-state index contributed by atoms with van der Waals surface area (Å²) in [5.41, 5.74) is 0. The molecule has 1 saturated heterocycles. The van der Waals surface area contributed by atoms with Gasteiger partial charge in [0, 0.05) is 30.7 Å². The molecule has 0 aromatic carbocycles. The van der Waals surface area contributed by atoms with Crippen LogP contribution in [0.2, 0.25) is 4.47 Å². The van der Waals surface area contributed by atoms with Gasteiger partial charge in [0.05, 0.1) is 13.7 Å². The van der Waals surface area contributed by atoms with E-state index in [0.717, 1.165) is 18.0 Å². The molecule has 0 bridgehead atoms. The Morgan fingerprint density at radius 1 is 1.82 bits per heavy atom. The molecule has 0 spiro atoms. The first-order chi connectivity index (χ1) is 8.19. The molecule has 1 aliphatic heterocycles. The van der Waals surface area contributed by atoms with Crippen LogP contribution in [0.1, 0.15) is 4.88 Å². The van der Waals surface area contributed by atoms with E-state index in [-0.39, 0.29) is 5.97 Å². The third-order valence-corrected chi connectivity index (χ3v) is 3.62. The summed E-state index contributed by atoms with van der Waals surface area (Å²) in [5, 5.41) is 0. The van der Waals surface area contributed by atoms with Gasteiger partial charge in [-0.15, -0.1) is 11.3 Å². The van der Waals surface area contributed by atoms with E-state index in [1.165, 1.54) is 18.4 Å². The van der Waals surface area contributed by atoms with Crippen LogP contribution >= 0.6 is 22.9 Å². The van der Waals surface area contributed by atoms with Gasteiger partial charge < -0.3 is 9.47 Å². The second kappa shape index (κ2) is 5.77. The van der Waals surface area contributed by atoms with Crippen LogP contribution in [0, 0.1) is 0 Å². The average molecular weight is 277 g/mol. The first kappa shape index (κ1) is 12.8. The van der Waals surface area contributed by atoms with Gasteiger partial charge in [-0.25, -0.2) is 9.78 Å². The number of carbonyl (C=O) groups is 1. The second-order valence-corrected chi connectivity index (χ2v) is 5.39. The van der Waals surface area contributed by atoms with Crippen LogP contribution in [-0.4, -0.2) is 48.8 Å². The number of methoxy groups -OCH3 is 1. The Labute approximate surface area is 108 Å². The minimum Gasteiger partial charge on any atom is -0.467 e. The number of rotatable bonds is 3. The minimum absolute atomic E-state index is 0.322. The number of esters is 1. The fourth-order valence-corrected chi connectivity index (χ4v) is 2.72. The van der Waals surface area contributed by atoms with Crippen LogP contribution in [0.5, 0.6) is 0 Å². The van der Waals surface area contributed by atoms with E-state index in [4.69, 9.17) is 16.3 Å². The third kappa shape index (κ3) is 3.38. The van der Waals surface area contributed by atoms with E-state index >= 15 is 0 Å². The van der Waals surface area contributed by atoms with Crippen molar-refractivity contribution in [2.75, 3.05) is 26.8 Å². The molecule has 1 aromatic rings. The smallest absolute Gasteiger partial charge is 0.336 e. The summed E-state index contributed by atoms with van der Waals surface area (Å²) in [7, 11) is 1.37. The number of halogens is 1. The van der Waals surface area contributed by atoms with Crippen molar-refractivity contribution in [2.24, 2.45) is 0 Å². The van der Waals surface area contributed by atoms with Crippen LogP contribution in [0.3, 0.4) is 0 Å². The van der Waals surface area contributed by atoms with Crippen molar-refractivity contribution in [1.29, 1.82) is 0 Å². The standard InChI is InChI=1S/C10H13ClN2O3S/c1-15-9(14)8-6-13(2-3-16-8)5-7-4-12-10(11)17-7/h4,8H,2-3,5-6H2,1H3. The molecule has 0 radical (unpaired) electrons. The molecule has 94 valence electrons. The van der Waals surface area contributed by atoms with Gasteiger partial charge >= 0.3 is 5.97 Å². The number of ether oxygens (including phenoxy) is 2. The van der Waals surface area contributed by atoms with Crippen molar-refractivity contribution in [3.63, 3.8) is 0 Å². The normalized spacial score (nSPS) is 21.4. The van der Waals surface area contributed by atoms with Crippen molar-refractivity contribution in [3.05, 3.63) is 15.5 Å². The highest BCUT2D eigenvalue weighted by atomic mass is 35.5. The summed E-state index contributed by atoms with van der Waals surface area (Å²) < 4.78 is 10.6. The Bertz CT molecular complexity index is 399. The lowest BCUT2D eigenvalue weighted by Gasteiger charge is -2.30. The predicted octanol–water partition coefficient (Wildman–Crippen LogP) is 1.17. The molecule has 1 fully saturated rings. The number of hydrogen-bond donors (Lipinski definition) is 0. The molecule has 0 saturated carbocycles. The molecular weight excluding hydrogens is 264 g/mol. The first-order valence-electron chi connectivity index (χ1n) is 5.21. The SMILES string of the molecule is COC(=O)C1CN(Cc2cnc(Cl)s2)CCO1. The second-order valence-electron chi connectivity index (χ2n) is 3.70. The lowest BCUT2D eigenvalue weighted by molar-refractivity contribution is -0.159. The van der Waals surface area contributed by atoms with Crippen LogP contribution in [0.15, 0.2) is 6.20 Å². The molecule has 1 aromatic heterocycles. The molecule has 0 N–H and O–H groups in total. The Balaban J connectivity index is 1.91. The molecule has 0 aliphatic carbocycles. The van der Waals surface area contributed by atoms with Crippen LogP contribution in [-0.2, 0) is 20.8 Å². The topological polar surface area (TPSA) is 51.7 Å². The summed E-state index contributed by atoms with van der Waals surface area (Å²) in [6, 6.07) is 0. The average Bonchev–Trinajstić information content (AvgIpc) is 2.74. The largest absolute Gasteiger partial charge is 0.467 e. The zero-order valence-electron chi connectivity index (χ0n) is 9.39. The minimum atomic E-state index is -0.489. The van der Waals surface area contributed by atoms with Crippen molar-refractivity contribution in [1.82, 2.24) is 9.88 Å². The fourth-order valence-electron chi connectivity index (χ4n) is 1.70. The van der Waals surface area contributed by atoms with Crippen molar-refractivity contribution >= 4 is 28.9 Å². The molecule has 2 rings (SSSR count). The van der Waals surface area contributed by atoms with Gasteiger partial charge in [0.2, 0.25) is 0 Å². The van der Waals surface area contributed by atoms with Crippen LogP contribution in [0.25, 0.3) is 0 Å². The Morgan fingerprint density at radius 3 is 3.29 bits per heavy atom. The van der Waals surface area contributed by atoms with E-state index in [1.807, 2.05) is 0 Å². The van der Waals surface area contributed by atoms with E-state index in [0.29, 0.717) is 17.6 Å². The van der Waals surface area contributed by atoms with Gasteiger partial charge in [-0.1, -0.05) is 11.6 Å². The van der Waals surface area contributed by atoms with Gasteiger partial charge in [0.15, 0.2) is 10.6 Å². The predicted molar refractivity (Wildman–Crippen MR) is 64.2 cm³/mol. The summed E-state index contributed by atoms with van der Waals surface area (Å²) in [6.45, 7) is 2.61. The quantitative estimate of drug-likeness (QED) is 0.776.